The molecule has 2 N–H and O–H groups in total. The highest BCUT2D eigenvalue weighted by Gasteiger charge is 2.34. The molecule has 0 spiro atoms. The van der Waals surface area contributed by atoms with Crippen molar-refractivity contribution in [3.05, 3.63) is 69.7 Å². The number of anilines is 1. The average Bonchev–Trinajstić information content (AvgIpc) is 2.72. The van der Waals surface area contributed by atoms with Gasteiger partial charge in [0.15, 0.2) is 11.4 Å². The molecule has 0 bridgehead atoms. The molecule has 3 rings (SSSR count). The summed E-state index contributed by atoms with van der Waals surface area (Å²) in [6.07, 6.45) is 0. The van der Waals surface area contributed by atoms with Crippen molar-refractivity contribution in [2.75, 3.05) is 19.0 Å². The lowest BCUT2D eigenvalue weighted by molar-refractivity contribution is -0.384. The van der Waals surface area contributed by atoms with Crippen LogP contribution in [0.1, 0.15) is 19.4 Å². The van der Waals surface area contributed by atoms with Crippen molar-refractivity contribution < 1.29 is 18.8 Å². The zero-order valence-electron chi connectivity index (χ0n) is 16.7. The minimum Gasteiger partial charge on any atom is -0.476 e. The fourth-order valence-corrected chi connectivity index (χ4v) is 3.55. The first-order valence-electron chi connectivity index (χ1n) is 9.47. The minimum absolute atomic E-state index is 0.0336. The van der Waals surface area contributed by atoms with Gasteiger partial charge in [-0.15, -0.1) is 0 Å². The largest absolute Gasteiger partial charge is 0.476 e. The second-order valence-corrected chi connectivity index (χ2v) is 7.26. The number of nitrogens with zero attached hydrogens (tertiary/aromatic N) is 3. The number of piperazine rings is 1. The van der Waals surface area contributed by atoms with Gasteiger partial charge in [0, 0.05) is 25.2 Å². The van der Waals surface area contributed by atoms with E-state index in [1.807, 2.05) is 29.6 Å². The summed E-state index contributed by atoms with van der Waals surface area (Å²) in [6.45, 7) is 4.99. The molecule has 9 heteroatoms. The predicted molar refractivity (Wildman–Crippen MR) is 110 cm³/mol. The van der Waals surface area contributed by atoms with Crippen LogP contribution in [0.3, 0.4) is 0 Å². The van der Waals surface area contributed by atoms with Crippen molar-refractivity contribution in [1.82, 2.24) is 9.80 Å². The van der Waals surface area contributed by atoms with Crippen LogP contribution in [0.5, 0.6) is 5.75 Å². The number of ether oxygens (including phenoxy) is 1. The van der Waals surface area contributed by atoms with Crippen molar-refractivity contribution in [1.29, 1.82) is 0 Å². The van der Waals surface area contributed by atoms with Crippen LogP contribution in [0.25, 0.3) is 0 Å². The van der Waals surface area contributed by atoms with Crippen LogP contribution in [-0.2, 0) is 11.3 Å². The fourth-order valence-electron chi connectivity index (χ4n) is 3.55. The Labute approximate surface area is 173 Å². The Kier molecular flexibility index (Phi) is 6.34. The number of halogens is 1. The van der Waals surface area contributed by atoms with Gasteiger partial charge in [-0.25, -0.2) is 9.18 Å². The summed E-state index contributed by atoms with van der Waals surface area (Å²) in [5.74, 6) is 1.94. The van der Waals surface area contributed by atoms with Crippen LogP contribution >= 0.6 is 0 Å². The Bertz CT molecular complexity index is 975. The molecule has 1 aliphatic heterocycles. The molecular weight excluding hydrogens is 391 g/mol. The van der Waals surface area contributed by atoms with E-state index in [1.54, 1.807) is 18.2 Å². The van der Waals surface area contributed by atoms with Crippen molar-refractivity contribution in [3.8, 4) is 5.75 Å². The number of hydrogen-bond donors (Lipinski definition) is 1. The van der Waals surface area contributed by atoms with Gasteiger partial charge in [-0.3, -0.25) is 15.0 Å². The summed E-state index contributed by atoms with van der Waals surface area (Å²) >= 11 is 0. The van der Waals surface area contributed by atoms with E-state index in [0.717, 1.165) is 5.56 Å². The van der Waals surface area contributed by atoms with Crippen LogP contribution < -0.4 is 10.5 Å². The van der Waals surface area contributed by atoms with Gasteiger partial charge in [-0.05, 0) is 37.6 Å². The van der Waals surface area contributed by atoms with Gasteiger partial charge in [0.2, 0.25) is 0 Å². The molecule has 158 valence electrons. The number of hydrogen-bond acceptors (Lipinski definition) is 7. The molecule has 8 nitrogen and oxygen atoms in total. The number of nitrogens with two attached hydrogens (primary N) is 1. The molecule has 2 atom stereocenters. The zero-order valence-corrected chi connectivity index (χ0v) is 16.7. The number of nitrogen functional groups attached to an aromatic ring is 1. The molecule has 1 aliphatic rings. The van der Waals surface area contributed by atoms with E-state index in [4.69, 9.17) is 10.5 Å². The summed E-state index contributed by atoms with van der Waals surface area (Å²) < 4.78 is 18.9. The fraction of sp³-hybridized carbons (Fsp3) is 0.333. The summed E-state index contributed by atoms with van der Waals surface area (Å²) in [5.41, 5.74) is 6.95. The molecule has 0 aromatic heterocycles. The molecule has 2 aromatic carbocycles. The average molecular weight is 414 g/mol. The standard InChI is InChI=1S/C21H23FN4O4/c1-14-10-24(13-30-20-5-3-4-18(21(20)23)26(28)29)15(2)19(12-27)25(14)11-16-6-8-17(22)9-7-16/h3-9,14-15H,10-11,13,23H2,1-2H3/t14-,15+/m1/s1. The molecule has 0 amide bonds. The summed E-state index contributed by atoms with van der Waals surface area (Å²) in [6, 6.07) is 10.2. The third-order valence-corrected chi connectivity index (χ3v) is 5.28. The lowest BCUT2D eigenvalue weighted by Crippen LogP contribution is -2.55. The van der Waals surface area contributed by atoms with E-state index >= 15 is 0 Å². The van der Waals surface area contributed by atoms with Crippen LogP contribution in [0.4, 0.5) is 15.8 Å². The van der Waals surface area contributed by atoms with Crippen molar-refractivity contribution >= 4 is 17.3 Å². The lowest BCUT2D eigenvalue weighted by atomic mass is 10.0. The van der Waals surface area contributed by atoms with Crippen LogP contribution in [-0.4, -0.2) is 46.0 Å². The molecule has 0 unspecified atom stereocenters. The Balaban J connectivity index is 1.72. The van der Waals surface area contributed by atoms with Crippen molar-refractivity contribution in [2.24, 2.45) is 0 Å². The molecule has 30 heavy (non-hydrogen) atoms. The van der Waals surface area contributed by atoms with Gasteiger partial charge in [0.1, 0.15) is 24.2 Å². The minimum atomic E-state index is -0.561. The zero-order chi connectivity index (χ0) is 21.8. The normalized spacial score (nSPS) is 19.4. The van der Waals surface area contributed by atoms with Gasteiger partial charge in [0.25, 0.3) is 5.69 Å². The second kappa shape index (κ2) is 8.94. The lowest BCUT2D eigenvalue weighted by Gasteiger charge is -2.45. The summed E-state index contributed by atoms with van der Waals surface area (Å²) in [4.78, 5) is 26.1. The quantitative estimate of drug-likeness (QED) is 0.336. The second-order valence-electron chi connectivity index (χ2n) is 7.26. The third kappa shape index (κ3) is 4.42. The van der Waals surface area contributed by atoms with Crippen LogP contribution in [0, 0.1) is 15.9 Å². The number of rotatable bonds is 6. The number of benzene rings is 2. The van der Waals surface area contributed by atoms with Gasteiger partial charge < -0.3 is 15.4 Å². The first-order chi connectivity index (χ1) is 14.3. The Morgan fingerprint density at radius 2 is 1.97 bits per heavy atom. The van der Waals surface area contributed by atoms with E-state index in [1.165, 1.54) is 24.3 Å². The third-order valence-electron chi connectivity index (χ3n) is 5.28. The smallest absolute Gasteiger partial charge is 0.295 e. The van der Waals surface area contributed by atoms with Gasteiger partial charge in [0.05, 0.1) is 11.0 Å². The van der Waals surface area contributed by atoms with E-state index in [2.05, 4.69) is 0 Å². The maximum Gasteiger partial charge on any atom is 0.295 e. The summed E-state index contributed by atoms with van der Waals surface area (Å²) in [5, 5.41) is 11.0. The number of nitro benzene ring substituents is 1. The van der Waals surface area contributed by atoms with E-state index < -0.39 is 4.92 Å². The number of para-hydroxylation sites is 1. The topological polar surface area (TPSA) is 102 Å². The van der Waals surface area contributed by atoms with Crippen molar-refractivity contribution in [3.63, 3.8) is 0 Å². The maximum atomic E-state index is 13.2. The molecule has 2 aromatic rings. The molecule has 0 radical (unpaired) electrons. The van der Waals surface area contributed by atoms with E-state index in [0.29, 0.717) is 18.8 Å². The summed E-state index contributed by atoms with van der Waals surface area (Å²) in [7, 11) is 0. The monoisotopic (exact) mass is 414 g/mol. The molecule has 1 heterocycles. The van der Waals surface area contributed by atoms with E-state index in [9.17, 15) is 19.3 Å². The molecular formula is C21H23FN4O4. The van der Waals surface area contributed by atoms with Gasteiger partial charge >= 0.3 is 0 Å². The Morgan fingerprint density at radius 3 is 2.60 bits per heavy atom. The number of carbonyl (C=O) groups excluding carboxylic acids is 1. The first kappa shape index (κ1) is 21.3. The highest BCUT2D eigenvalue weighted by Crippen LogP contribution is 2.32. The molecule has 0 saturated carbocycles. The van der Waals surface area contributed by atoms with Gasteiger partial charge in [-0.2, -0.15) is 0 Å². The highest BCUT2D eigenvalue weighted by molar-refractivity contribution is 5.66. The molecule has 1 fully saturated rings. The van der Waals surface area contributed by atoms with E-state index in [-0.39, 0.29) is 41.8 Å². The van der Waals surface area contributed by atoms with Gasteiger partial charge in [-0.1, -0.05) is 18.2 Å². The SMILES string of the molecule is C[C@@H]1CN(COc2cccc([N+](=O)[O-])c2N)[C@@H](C)C(=C=O)N1Cc1ccc(F)cc1. The Hall–Kier alpha value is -3.42. The highest BCUT2D eigenvalue weighted by atomic mass is 19.1. The van der Waals surface area contributed by atoms with Crippen LogP contribution in [0.2, 0.25) is 0 Å². The van der Waals surface area contributed by atoms with Crippen molar-refractivity contribution in [2.45, 2.75) is 32.5 Å². The first-order valence-corrected chi connectivity index (χ1v) is 9.47. The molecule has 1 saturated heterocycles. The van der Waals surface area contributed by atoms with Crippen LogP contribution in [0.15, 0.2) is 48.2 Å². The predicted octanol–water partition coefficient (Wildman–Crippen LogP) is 2.96. The Morgan fingerprint density at radius 1 is 1.27 bits per heavy atom. The maximum absolute atomic E-state index is 13.2. The molecule has 0 aliphatic carbocycles. The number of nitro groups is 1.